The Labute approximate surface area is 81.0 Å². The zero-order chi connectivity index (χ0) is 5.11. The molecule has 0 amide bonds. The van der Waals surface area contributed by atoms with Crippen molar-refractivity contribution in [2.24, 2.45) is 5.73 Å². The van der Waals surface area contributed by atoms with E-state index in [-0.39, 0.29) is 37.7 Å². The summed E-state index contributed by atoms with van der Waals surface area (Å²) in [7, 11) is 0. The number of hydrogen-bond acceptors (Lipinski definition) is 1. The van der Waals surface area contributed by atoms with E-state index in [1.165, 1.54) is 32.1 Å². The standard InChI is InChI=1S/C6H13N.Ar/c7-6-4-2-1-3-5-6;/h6H,1-5,7H2;. The van der Waals surface area contributed by atoms with Crippen molar-refractivity contribution in [1.29, 1.82) is 0 Å². The predicted molar refractivity (Wildman–Crippen MR) is 31.1 cm³/mol. The van der Waals surface area contributed by atoms with Gasteiger partial charge in [0.25, 0.3) is 0 Å². The monoisotopic (exact) mass is 139 g/mol. The van der Waals surface area contributed by atoms with Crippen molar-refractivity contribution >= 4 is 0 Å². The molecule has 1 saturated carbocycles. The molecule has 0 aromatic carbocycles. The van der Waals surface area contributed by atoms with Gasteiger partial charge in [-0.3, -0.25) is 0 Å². The first-order chi connectivity index (χ1) is 3.39. The minimum absolute atomic E-state index is 0. The van der Waals surface area contributed by atoms with Crippen molar-refractivity contribution in [3.63, 3.8) is 0 Å². The minimum Gasteiger partial charge on any atom is -0.328 e. The zero-order valence-electron chi connectivity index (χ0n) is 5.04. The van der Waals surface area contributed by atoms with Crippen LogP contribution in [0.4, 0.5) is 0 Å². The van der Waals surface area contributed by atoms with E-state index >= 15 is 0 Å². The van der Waals surface area contributed by atoms with Gasteiger partial charge < -0.3 is 5.73 Å². The smallest absolute Gasteiger partial charge is 0.00388 e. The summed E-state index contributed by atoms with van der Waals surface area (Å²) < 4.78 is 0. The van der Waals surface area contributed by atoms with Crippen LogP contribution in [0.2, 0.25) is 0 Å². The molecule has 0 unspecified atom stereocenters. The van der Waals surface area contributed by atoms with Gasteiger partial charge in [0.2, 0.25) is 0 Å². The van der Waals surface area contributed by atoms with Crippen molar-refractivity contribution in [3.05, 3.63) is 0 Å². The Balaban J connectivity index is 0.000000490. The summed E-state index contributed by atoms with van der Waals surface area (Å²) in [6.07, 6.45) is 6.66. The van der Waals surface area contributed by atoms with Gasteiger partial charge in [-0.15, -0.1) is 0 Å². The predicted octanol–water partition coefficient (Wildman–Crippen LogP) is 1.28. The van der Waals surface area contributed by atoms with Gasteiger partial charge >= 0.3 is 0 Å². The van der Waals surface area contributed by atoms with Gasteiger partial charge in [0.15, 0.2) is 0 Å². The quantitative estimate of drug-likeness (QED) is 0.537. The first-order valence-corrected chi connectivity index (χ1v) is 3.15. The maximum Gasteiger partial charge on any atom is 0.00388 e. The van der Waals surface area contributed by atoms with E-state index in [1.54, 1.807) is 0 Å². The minimum atomic E-state index is 0. The molecule has 2 N–H and O–H groups in total. The van der Waals surface area contributed by atoms with Crippen LogP contribution in [-0.4, -0.2) is 6.04 Å². The molecule has 1 nitrogen and oxygen atoms in total. The van der Waals surface area contributed by atoms with Crippen LogP contribution in [0.1, 0.15) is 32.1 Å². The third-order valence-corrected chi connectivity index (χ3v) is 1.65. The van der Waals surface area contributed by atoms with Crippen LogP contribution < -0.4 is 5.73 Å². The second-order valence-electron chi connectivity index (χ2n) is 2.40. The van der Waals surface area contributed by atoms with Crippen molar-refractivity contribution in [3.8, 4) is 0 Å². The summed E-state index contributed by atoms with van der Waals surface area (Å²) in [5.41, 5.74) is 5.63. The molecular formula is C6H13ArN. The van der Waals surface area contributed by atoms with Crippen LogP contribution in [0.25, 0.3) is 0 Å². The third kappa shape index (κ3) is 3.29. The zero-order valence-corrected chi connectivity index (χ0v) is 5.75. The van der Waals surface area contributed by atoms with Gasteiger partial charge in [-0.05, 0) is 12.8 Å². The van der Waals surface area contributed by atoms with Crippen LogP contribution in [0.5, 0.6) is 0 Å². The third-order valence-electron chi connectivity index (χ3n) is 1.65. The molecule has 1 aliphatic carbocycles. The fourth-order valence-electron chi connectivity index (χ4n) is 1.13. The average molecular weight is 139 g/mol. The molecule has 0 spiro atoms. The molecule has 0 bridgehead atoms. The summed E-state index contributed by atoms with van der Waals surface area (Å²) >= 11 is 0. The Morgan fingerprint density at radius 1 is 1.00 bits per heavy atom. The molecule has 50 valence electrons. The Morgan fingerprint density at radius 3 is 1.75 bits per heavy atom. The molecule has 1 fully saturated rings. The molecule has 0 aromatic rings. The second-order valence-corrected chi connectivity index (χ2v) is 2.40. The Hall–Kier alpha value is 1.22. The molecule has 0 heterocycles. The second kappa shape index (κ2) is 5.04. The molecule has 8 heavy (non-hydrogen) atoms. The summed E-state index contributed by atoms with van der Waals surface area (Å²) in [4.78, 5) is 0. The van der Waals surface area contributed by atoms with Gasteiger partial charge in [0, 0.05) is 43.8 Å². The number of hydrogen-bond donors (Lipinski definition) is 1. The van der Waals surface area contributed by atoms with E-state index in [2.05, 4.69) is 0 Å². The number of rotatable bonds is 0. The summed E-state index contributed by atoms with van der Waals surface area (Å²) in [6, 6.07) is 0.536. The van der Waals surface area contributed by atoms with Crippen LogP contribution >= 0.6 is 0 Å². The van der Waals surface area contributed by atoms with Crippen molar-refractivity contribution in [1.82, 2.24) is 0 Å². The first-order valence-electron chi connectivity index (χ1n) is 3.15. The molecule has 1 rings (SSSR count). The van der Waals surface area contributed by atoms with E-state index < -0.39 is 0 Å². The van der Waals surface area contributed by atoms with E-state index in [0.717, 1.165) is 0 Å². The van der Waals surface area contributed by atoms with Gasteiger partial charge in [-0.1, -0.05) is 19.3 Å². The van der Waals surface area contributed by atoms with Gasteiger partial charge in [-0.2, -0.15) is 0 Å². The normalized spacial score (nSPS) is 22.1. The summed E-state index contributed by atoms with van der Waals surface area (Å²) in [6.45, 7) is 0. The van der Waals surface area contributed by atoms with Gasteiger partial charge in [0.05, 0.1) is 0 Å². The fraction of sp³-hybridized carbons (Fsp3) is 1.00. The fourth-order valence-corrected chi connectivity index (χ4v) is 1.13. The molecule has 0 radical (unpaired) electrons. The molecular weight excluding hydrogens is 126 g/mol. The Morgan fingerprint density at radius 2 is 1.50 bits per heavy atom. The van der Waals surface area contributed by atoms with Crippen LogP contribution in [0.15, 0.2) is 0 Å². The maximum absolute atomic E-state index is 5.63. The molecule has 0 aromatic heterocycles. The first kappa shape index (κ1) is 9.22. The van der Waals surface area contributed by atoms with Crippen LogP contribution in [0, 0.1) is 37.7 Å². The van der Waals surface area contributed by atoms with Crippen molar-refractivity contribution in [2.45, 2.75) is 38.1 Å². The van der Waals surface area contributed by atoms with Crippen molar-refractivity contribution in [2.75, 3.05) is 0 Å². The van der Waals surface area contributed by atoms with E-state index in [9.17, 15) is 0 Å². The maximum atomic E-state index is 5.63. The SMILES string of the molecule is NC1CCCCC1.[Ar]. The van der Waals surface area contributed by atoms with Crippen LogP contribution in [-0.2, 0) is 0 Å². The largest absolute Gasteiger partial charge is 0.328 e. The van der Waals surface area contributed by atoms with Gasteiger partial charge in [0.1, 0.15) is 0 Å². The van der Waals surface area contributed by atoms with E-state index in [0.29, 0.717) is 6.04 Å². The molecule has 0 aliphatic heterocycles. The Kier molecular flexibility index (Phi) is 5.81. The van der Waals surface area contributed by atoms with Gasteiger partial charge in [-0.25, -0.2) is 0 Å². The topological polar surface area (TPSA) is 26.0 Å². The Bertz CT molecular complexity index is 50.5. The van der Waals surface area contributed by atoms with Crippen LogP contribution in [0.3, 0.4) is 0 Å². The van der Waals surface area contributed by atoms with Crippen molar-refractivity contribution < 1.29 is 37.7 Å². The summed E-state index contributed by atoms with van der Waals surface area (Å²) in [5, 5.41) is 0. The molecule has 2 heteroatoms. The molecule has 0 saturated heterocycles. The van der Waals surface area contributed by atoms with E-state index in [1.807, 2.05) is 0 Å². The average Bonchev–Trinajstić information content (AvgIpc) is 1.69. The molecule has 0 atom stereocenters. The summed E-state index contributed by atoms with van der Waals surface area (Å²) in [5.74, 6) is 0. The number of nitrogens with two attached hydrogens (primary N) is 1. The van der Waals surface area contributed by atoms with E-state index in [4.69, 9.17) is 5.73 Å². The molecule has 1 aliphatic rings.